The van der Waals surface area contributed by atoms with Crippen LogP contribution in [0.25, 0.3) is 121 Å². The van der Waals surface area contributed by atoms with Crippen molar-refractivity contribution in [3.05, 3.63) is 194 Å². The van der Waals surface area contributed by atoms with Gasteiger partial charge in [0.25, 0.3) is 0 Å². The van der Waals surface area contributed by atoms with E-state index >= 15 is 0 Å². The topological polar surface area (TPSA) is 26.3 Å². The summed E-state index contributed by atoms with van der Waals surface area (Å²) in [5.41, 5.74) is 10.3. The quantitative estimate of drug-likeness (QED) is 0.170. The third-order valence-electron chi connectivity index (χ3n) is 11.6. The van der Waals surface area contributed by atoms with Gasteiger partial charge in [-0.2, -0.15) is 0 Å². The molecule has 0 N–H and O–H groups in total. The van der Waals surface area contributed by atoms with E-state index in [1.54, 1.807) is 0 Å². The van der Waals surface area contributed by atoms with Gasteiger partial charge < -0.3 is 8.83 Å². The third-order valence-corrected chi connectivity index (χ3v) is 11.6. The summed E-state index contributed by atoms with van der Waals surface area (Å²) in [5.74, 6) is 0.849. The molecule has 2 nitrogen and oxygen atoms in total. The molecule has 0 fully saturated rings. The van der Waals surface area contributed by atoms with E-state index < -0.39 is 0 Å². The largest absolute Gasteiger partial charge is 0.455 e. The summed E-state index contributed by atoms with van der Waals surface area (Å²) in [6.45, 7) is 0. The summed E-state index contributed by atoms with van der Waals surface area (Å²) in [7, 11) is 0. The highest BCUT2D eigenvalue weighted by molar-refractivity contribution is 6.30. The van der Waals surface area contributed by atoms with Crippen LogP contribution in [0.2, 0.25) is 0 Å². The van der Waals surface area contributed by atoms with Gasteiger partial charge in [-0.15, -0.1) is 0 Å². The smallest absolute Gasteiger partial charge is 0.144 e. The molecule has 0 saturated carbocycles. The lowest BCUT2D eigenvalue weighted by molar-refractivity contribution is 0.632. The molecule has 0 unspecified atom stereocenters. The van der Waals surface area contributed by atoms with Crippen LogP contribution < -0.4 is 0 Å². The van der Waals surface area contributed by atoms with E-state index in [0.717, 1.165) is 66.5 Å². The zero-order chi connectivity index (χ0) is 36.7. The van der Waals surface area contributed by atoms with Gasteiger partial charge in [-0.3, -0.25) is 0 Å². The maximum Gasteiger partial charge on any atom is 0.144 e. The minimum absolute atomic E-state index is 0.827. The Morgan fingerprint density at radius 3 is 1.46 bits per heavy atom. The Morgan fingerprint density at radius 1 is 0.286 bits per heavy atom. The van der Waals surface area contributed by atoms with E-state index in [1.165, 1.54) is 54.2 Å². The molecule has 56 heavy (non-hydrogen) atoms. The highest BCUT2D eigenvalue weighted by Gasteiger charge is 2.27. The van der Waals surface area contributed by atoms with Crippen molar-refractivity contribution in [1.29, 1.82) is 0 Å². The number of para-hydroxylation sites is 1. The third kappa shape index (κ3) is 4.57. The lowest BCUT2D eigenvalue weighted by atomic mass is 9.84. The van der Waals surface area contributed by atoms with Gasteiger partial charge in [-0.05, 0) is 84.0 Å². The van der Waals surface area contributed by atoms with E-state index in [1.807, 2.05) is 0 Å². The average molecular weight is 713 g/mol. The van der Waals surface area contributed by atoms with E-state index in [4.69, 9.17) is 8.83 Å². The van der Waals surface area contributed by atoms with E-state index in [2.05, 4.69) is 194 Å². The number of furan rings is 2. The predicted molar refractivity (Wildman–Crippen MR) is 235 cm³/mol. The van der Waals surface area contributed by atoms with Crippen LogP contribution in [0.15, 0.2) is 203 Å². The molecule has 10 aromatic carbocycles. The summed E-state index contributed by atoms with van der Waals surface area (Å²) < 4.78 is 14.2. The molecule has 0 atom stereocenters. The Morgan fingerprint density at radius 2 is 0.804 bits per heavy atom. The van der Waals surface area contributed by atoms with Gasteiger partial charge >= 0.3 is 0 Å². The molecule has 0 spiro atoms. The van der Waals surface area contributed by atoms with Crippen molar-refractivity contribution in [3.63, 3.8) is 0 Å². The molecule has 0 saturated heterocycles. The SMILES string of the molecule is c1ccc(-c2c(-c3ccc4ccccc4c3)oc3cc(-c4c5ccccc5c(-c5ccc6ccccc6c5)c5ccccc45)c4oc5ccccc5c4c23)cc1. The van der Waals surface area contributed by atoms with Crippen molar-refractivity contribution in [1.82, 2.24) is 0 Å². The zero-order valence-corrected chi connectivity index (χ0v) is 30.3. The van der Waals surface area contributed by atoms with Crippen molar-refractivity contribution in [3.8, 4) is 44.7 Å². The second kappa shape index (κ2) is 12.0. The maximum atomic E-state index is 7.19. The van der Waals surface area contributed by atoms with Crippen LogP contribution in [0.5, 0.6) is 0 Å². The second-order valence-electron chi connectivity index (χ2n) is 14.7. The minimum Gasteiger partial charge on any atom is -0.455 e. The molecule has 12 aromatic rings. The van der Waals surface area contributed by atoms with Gasteiger partial charge in [-0.25, -0.2) is 0 Å². The van der Waals surface area contributed by atoms with E-state index in [9.17, 15) is 0 Å². The summed E-state index contributed by atoms with van der Waals surface area (Å²) >= 11 is 0. The molecule has 0 amide bonds. The van der Waals surface area contributed by atoms with Crippen LogP contribution in [-0.2, 0) is 0 Å². The van der Waals surface area contributed by atoms with Gasteiger partial charge in [-0.1, -0.05) is 170 Å². The molecule has 0 bridgehead atoms. The lowest BCUT2D eigenvalue weighted by Gasteiger charge is -2.18. The van der Waals surface area contributed by atoms with Gasteiger partial charge in [0.2, 0.25) is 0 Å². The van der Waals surface area contributed by atoms with E-state index in [-0.39, 0.29) is 0 Å². The summed E-state index contributed by atoms with van der Waals surface area (Å²) in [5, 5.41) is 12.8. The second-order valence-corrected chi connectivity index (χ2v) is 14.7. The maximum absolute atomic E-state index is 7.19. The van der Waals surface area contributed by atoms with E-state index in [0.29, 0.717) is 0 Å². The number of hydrogen-bond acceptors (Lipinski definition) is 2. The van der Waals surface area contributed by atoms with Crippen molar-refractivity contribution in [2.24, 2.45) is 0 Å². The van der Waals surface area contributed by atoms with Gasteiger partial charge in [0.15, 0.2) is 0 Å². The number of benzene rings is 10. The van der Waals surface area contributed by atoms with Crippen LogP contribution in [0.3, 0.4) is 0 Å². The van der Waals surface area contributed by atoms with Crippen LogP contribution in [-0.4, -0.2) is 0 Å². The first-order valence-corrected chi connectivity index (χ1v) is 19.2. The van der Waals surface area contributed by atoms with Crippen molar-refractivity contribution < 1.29 is 8.83 Å². The van der Waals surface area contributed by atoms with Crippen LogP contribution in [0.4, 0.5) is 0 Å². The van der Waals surface area contributed by atoms with Gasteiger partial charge in [0.05, 0.1) is 0 Å². The summed E-state index contributed by atoms with van der Waals surface area (Å²) in [4.78, 5) is 0. The Bertz CT molecular complexity index is 3470. The fraction of sp³-hybridized carbons (Fsp3) is 0. The number of hydrogen-bond donors (Lipinski definition) is 0. The van der Waals surface area contributed by atoms with Crippen molar-refractivity contribution in [2.45, 2.75) is 0 Å². The Kier molecular flexibility index (Phi) is 6.66. The first kappa shape index (κ1) is 31.0. The highest BCUT2D eigenvalue weighted by atomic mass is 16.3. The molecular formula is C54H32O2. The molecule has 2 aromatic heterocycles. The lowest BCUT2D eigenvalue weighted by Crippen LogP contribution is -1.91. The molecule has 260 valence electrons. The molecular weight excluding hydrogens is 681 g/mol. The molecule has 12 rings (SSSR count). The molecule has 0 aliphatic carbocycles. The van der Waals surface area contributed by atoms with Crippen LogP contribution >= 0.6 is 0 Å². The Balaban J connectivity index is 1.23. The van der Waals surface area contributed by atoms with Gasteiger partial charge in [0.1, 0.15) is 22.5 Å². The molecule has 0 radical (unpaired) electrons. The average Bonchev–Trinajstić information content (AvgIpc) is 3.84. The molecule has 2 heterocycles. The Labute approximate surface area is 322 Å². The normalized spacial score (nSPS) is 11.9. The fourth-order valence-corrected chi connectivity index (χ4v) is 9.15. The molecule has 2 heteroatoms. The number of fused-ring (bicyclic) bond motifs is 9. The van der Waals surface area contributed by atoms with Crippen LogP contribution in [0, 0.1) is 0 Å². The fourth-order valence-electron chi connectivity index (χ4n) is 9.15. The first-order valence-electron chi connectivity index (χ1n) is 19.2. The predicted octanol–water partition coefficient (Wildman–Crippen LogP) is 15.6. The standard InChI is InChI=1S/C54H32O2/c1-2-16-35(17-3-1)49-52-47(56-53(49)39-29-27-34-15-5-7-19-37(34)31-39)32-45(54-51(52)44-24-12-13-25-46(44)55-54)50-42-22-10-8-20-40(42)48(41-21-9-11-23-43(41)50)38-28-26-33-14-4-6-18-36(33)30-38/h1-32H. The summed E-state index contributed by atoms with van der Waals surface area (Å²) in [6, 6.07) is 69.5. The van der Waals surface area contributed by atoms with Gasteiger partial charge in [0, 0.05) is 38.4 Å². The Hall–Kier alpha value is -7.42. The highest BCUT2D eigenvalue weighted by Crippen LogP contribution is 2.52. The summed E-state index contributed by atoms with van der Waals surface area (Å²) in [6.07, 6.45) is 0. The van der Waals surface area contributed by atoms with Crippen molar-refractivity contribution in [2.75, 3.05) is 0 Å². The monoisotopic (exact) mass is 712 g/mol. The zero-order valence-electron chi connectivity index (χ0n) is 30.3. The molecule has 0 aliphatic rings. The first-order chi connectivity index (χ1) is 27.8. The number of rotatable bonds is 4. The minimum atomic E-state index is 0.827. The van der Waals surface area contributed by atoms with Crippen LogP contribution in [0.1, 0.15) is 0 Å². The van der Waals surface area contributed by atoms with Crippen molar-refractivity contribution >= 4 is 76.0 Å². The molecule has 0 aliphatic heterocycles.